The first-order valence-electron chi connectivity index (χ1n) is 7.93. The van der Waals surface area contributed by atoms with E-state index in [1.165, 1.54) is 0 Å². The average molecular weight is 480 g/mol. The van der Waals surface area contributed by atoms with E-state index in [1.807, 2.05) is 19.1 Å². The highest BCUT2D eigenvalue weighted by Crippen LogP contribution is 2.35. The van der Waals surface area contributed by atoms with E-state index in [0.29, 0.717) is 22.4 Å². The molecule has 1 heterocycles. The van der Waals surface area contributed by atoms with E-state index < -0.39 is 0 Å². The summed E-state index contributed by atoms with van der Waals surface area (Å²) in [5.41, 5.74) is 4.23. The second-order valence-corrected chi connectivity index (χ2v) is 7.57. The Bertz CT molecular complexity index is 915. The van der Waals surface area contributed by atoms with E-state index >= 15 is 0 Å². The number of nitrogens with one attached hydrogen (secondary N) is 2. The SMILES string of the molecule is Cc1c(Br)cc(/C=C2\C(=O)Nc3ccc(C(=O)NCCO)cc32)cc1Br. The number of hydrogen-bond donors (Lipinski definition) is 3. The summed E-state index contributed by atoms with van der Waals surface area (Å²) >= 11 is 7.03. The van der Waals surface area contributed by atoms with Gasteiger partial charge in [0.2, 0.25) is 0 Å². The van der Waals surface area contributed by atoms with Crippen LogP contribution in [0.15, 0.2) is 39.3 Å². The predicted octanol–water partition coefficient (Wildman–Crippen LogP) is 3.73. The zero-order valence-electron chi connectivity index (χ0n) is 13.9. The Labute approximate surface area is 167 Å². The van der Waals surface area contributed by atoms with E-state index in [9.17, 15) is 9.59 Å². The van der Waals surface area contributed by atoms with Gasteiger partial charge in [-0.3, -0.25) is 9.59 Å². The summed E-state index contributed by atoms with van der Waals surface area (Å²) in [4.78, 5) is 24.5. The van der Waals surface area contributed by atoms with Crippen LogP contribution in [0.5, 0.6) is 0 Å². The number of fused-ring (bicyclic) bond motifs is 1. The molecule has 1 aliphatic heterocycles. The van der Waals surface area contributed by atoms with Crippen molar-refractivity contribution in [3.63, 3.8) is 0 Å². The van der Waals surface area contributed by atoms with Crippen LogP contribution < -0.4 is 10.6 Å². The van der Waals surface area contributed by atoms with E-state index in [0.717, 1.165) is 20.1 Å². The summed E-state index contributed by atoms with van der Waals surface area (Å²) in [6.07, 6.45) is 1.80. The highest BCUT2D eigenvalue weighted by Gasteiger charge is 2.25. The molecule has 0 saturated carbocycles. The monoisotopic (exact) mass is 478 g/mol. The Kier molecular flexibility index (Phi) is 5.60. The Balaban J connectivity index is 2.01. The van der Waals surface area contributed by atoms with E-state index in [1.54, 1.807) is 24.3 Å². The van der Waals surface area contributed by atoms with Gasteiger partial charge in [-0.1, -0.05) is 31.9 Å². The number of carbonyl (C=O) groups is 2. The molecular weight excluding hydrogens is 464 g/mol. The lowest BCUT2D eigenvalue weighted by Gasteiger charge is -2.06. The Morgan fingerprint density at radius 3 is 2.58 bits per heavy atom. The highest BCUT2D eigenvalue weighted by atomic mass is 79.9. The third kappa shape index (κ3) is 3.75. The standard InChI is InChI=1S/C19H16Br2N2O3/c1-10-15(20)7-11(8-16(10)21)6-14-13-9-12(18(25)22-4-5-24)2-3-17(13)23-19(14)26/h2-3,6-9,24H,4-5H2,1H3,(H,22,25)(H,23,26)/b14-6-. The molecule has 7 heteroatoms. The van der Waals surface area contributed by atoms with Gasteiger partial charge in [0.15, 0.2) is 0 Å². The molecule has 0 aromatic heterocycles. The average Bonchev–Trinajstić information content (AvgIpc) is 2.92. The Morgan fingerprint density at radius 2 is 1.92 bits per heavy atom. The number of halogens is 2. The van der Waals surface area contributed by atoms with Gasteiger partial charge < -0.3 is 15.7 Å². The quantitative estimate of drug-likeness (QED) is 0.584. The number of aliphatic hydroxyl groups is 1. The van der Waals surface area contributed by atoms with E-state index in [2.05, 4.69) is 42.5 Å². The van der Waals surface area contributed by atoms with Crippen LogP contribution in [0.4, 0.5) is 5.69 Å². The fourth-order valence-electron chi connectivity index (χ4n) is 2.66. The van der Waals surface area contributed by atoms with Crippen molar-refractivity contribution in [2.75, 3.05) is 18.5 Å². The first kappa shape index (κ1) is 18.8. The zero-order chi connectivity index (χ0) is 18.8. The highest BCUT2D eigenvalue weighted by molar-refractivity contribution is 9.11. The number of rotatable bonds is 4. The number of carbonyl (C=O) groups excluding carboxylic acids is 2. The number of amides is 2. The largest absolute Gasteiger partial charge is 0.395 e. The summed E-state index contributed by atoms with van der Waals surface area (Å²) in [5.74, 6) is -0.498. The molecule has 26 heavy (non-hydrogen) atoms. The second-order valence-electron chi connectivity index (χ2n) is 5.86. The van der Waals surface area contributed by atoms with Crippen LogP contribution in [0.3, 0.4) is 0 Å². The summed E-state index contributed by atoms with van der Waals surface area (Å²) in [6, 6.07) is 8.92. The van der Waals surface area contributed by atoms with Gasteiger partial charge >= 0.3 is 0 Å². The van der Waals surface area contributed by atoms with Crippen molar-refractivity contribution in [1.29, 1.82) is 0 Å². The summed E-state index contributed by atoms with van der Waals surface area (Å²) < 4.78 is 1.88. The van der Waals surface area contributed by atoms with Crippen molar-refractivity contribution < 1.29 is 14.7 Å². The molecule has 3 N–H and O–H groups in total. The molecule has 0 unspecified atom stereocenters. The summed E-state index contributed by atoms with van der Waals surface area (Å²) in [6.45, 7) is 2.04. The third-order valence-electron chi connectivity index (χ3n) is 4.08. The van der Waals surface area contributed by atoms with Gasteiger partial charge in [0.25, 0.3) is 11.8 Å². The molecule has 2 amide bonds. The summed E-state index contributed by atoms with van der Waals surface area (Å²) in [5, 5.41) is 14.3. The molecule has 0 saturated heterocycles. The lowest BCUT2D eigenvalue weighted by Crippen LogP contribution is -2.26. The summed E-state index contributed by atoms with van der Waals surface area (Å²) in [7, 11) is 0. The first-order valence-corrected chi connectivity index (χ1v) is 9.51. The normalized spacial score (nSPS) is 14.3. The smallest absolute Gasteiger partial charge is 0.256 e. The molecule has 0 fully saturated rings. The third-order valence-corrected chi connectivity index (χ3v) is 5.72. The first-order chi connectivity index (χ1) is 12.4. The number of hydrogen-bond acceptors (Lipinski definition) is 3. The molecule has 5 nitrogen and oxygen atoms in total. The molecule has 1 aliphatic rings. The molecule has 134 valence electrons. The molecule has 2 aromatic carbocycles. The predicted molar refractivity (Wildman–Crippen MR) is 109 cm³/mol. The van der Waals surface area contributed by atoms with Crippen molar-refractivity contribution in [2.24, 2.45) is 0 Å². The number of aliphatic hydroxyl groups excluding tert-OH is 1. The fraction of sp³-hybridized carbons (Fsp3) is 0.158. The lowest BCUT2D eigenvalue weighted by molar-refractivity contribution is -0.110. The van der Waals surface area contributed by atoms with Crippen molar-refractivity contribution in [3.05, 3.63) is 61.5 Å². The van der Waals surface area contributed by atoms with E-state index in [4.69, 9.17) is 5.11 Å². The van der Waals surface area contributed by atoms with Crippen molar-refractivity contribution in [1.82, 2.24) is 5.32 Å². The molecule has 3 rings (SSSR count). The minimum Gasteiger partial charge on any atom is -0.395 e. The molecule has 0 bridgehead atoms. The van der Waals surface area contributed by atoms with Crippen molar-refractivity contribution >= 4 is 61.0 Å². The van der Waals surface area contributed by atoms with Crippen LogP contribution in [0, 0.1) is 6.92 Å². The van der Waals surface area contributed by atoms with Gasteiger partial charge in [-0.25, -0.2) is 0 Å². The molecule has 2 aromatic rings. The van der Waals surface area contributed by atoms with Crippen LogP contribution in [0.25, 0.3) is 11.6 Å². The van der Waals surface area contributed by atoms with Gasteiger partial charge in [0.05, 0.1) is 6.61 Å². The van der Waals surface area contributed by atoms with Crippen LogP contribution in [0.2, 0.25) is 0 Å². The van der Waals surface area contributed by atoms with Crippen LogP contribution in [-0.2, 0) is 4.79 Å². The Hall–Kier alpha value is -1.96. The minimum atomic E-state index is -0.290. The topological polar surface area (TPSA) is 78.4 Å². The zero-order valence-corrected chi connectivity index (χ0v) is 17.1. The maximum absolute atomic E-state index is 12.4. The lowest BCUT2D eigenvalue weighted by atomic mass is 10.0. The molecule has 0 spiro atoms. The van der Waals surface area contributed by atoms with Crippen LogP contribution in [0.1, 0.15) is 27.0 Å². The van der Waals surface area contributed by atoms with Crippen molar-refractivity contribution in [2.45, 2.75) is 6.92 Å². The minimum absolute atomic E-state index is 0.126. The molecule has 0 radical (unpaired) electrons. The van der Waals surface area contributed by atoms with Crippen LogP contribution in [-0.4, -0.2) is 30.1 Å². The molecular formula is C19H16Br2N2O3. The fourth-order valence-corrected chi connectivity index (χ4v) is 3.88. The number of anilines is 1. The molecule has 0 atom stereocenters. The van der Waals surface area contributed by atoms with Crippen LogP contribution >= 0.6 is 31.9 Å². The maximum Gasteiger partial charge on any atom is 0.256 e. The van der Waals surface area contributed by atoms with Gasteiger partial charge in [-0.2, -0.15) is 0 Å². The van der Waals surface area contributed by atoms with Crippen molar-refractivity contribution in [3.8, 4) is 0 Å². The second kappa shape index (κ2) is 7.73. The van der Waals surface area contributed by atoms with Gasteiger partial charge in [0, 0.05) is 37.9 Å². The number of benzene rings is 2. The van der Waals surface area contributed by atoms with Gasteiger partial charge in [-0.15, -0.1) is 0 Å². The van der Waals surface area contributed by atoms with E-state index in [-0.39, 0.29) is 25.0 Å². The van der Waals surface area contributed by atoms with Gasteiger partial charge in [0.1, 0.15) is 0 Å². The molecule has 0 aliphatic carbocycles. The Morgan fingerprint density at radius 1 is 1.23 bits per heavy atom. The maximum atomic E-state index is 12.4. The van der Waals surface area contributed by atoms with Gasteiger partial charge in [-0.05, 0) is 54.5 Å².